The molecule has 1 rings (SSSR count). The Morgan fingerprint density at radius 3 is 2.73 bits per heavy atom. The van der Waals surface area contributed by atoms with Crippen LogP contribution < -0.4 is 5.73 Å². The van der Waals surface area contributed by atoms with Crippen molar-refractivity contribution in [2.75, 3.05) is 12.8 Å². The lowest BCUT2D eigenvalue weighted by Crippen LogP contribution is -2.09. The topological polar surface area (TPSA) is 65.2 Å². The fourth-order valence-corrected chi connectivity index (χ4v) is 1.43. The fourth-order valence-electron chi connectivity index (χ4n) is 0.932. The normalized spacial score (nSPS) is 10.5. The molecule has 0 spiro atoms. The summed E-state index contributed by atoms with van der Waals surface area (Å²) in [5.41, 5.74) is 4.72. The molecule has 1 aromatic heterocycles. The highest BCUT2D eigenvalue weighted by Crippen LogP contribution is 2.28. The number of rotatable bonds is 2. The standard InChI is InChI=1S/C8H7BrF2N2O2/c1-15-8(14)5-4(9)2-3(6(10)11)7(12)13-5/h2,6H,1H3,(H2,12,13). The van der Waals surface area contributed by atoms with Gasteiger partial charge in [-0.05, 0) is 22.0 Å². The molecule has 0 saturated heterocycles. The van der Waals surface area contributed by atoms with Crippen molar-refractivity contribution in [2.45, 2.75) is 6.43 Å². The molecule has 0 fully saturated rings. The van der Waals surface area contributed by atoms with Gasteiger partial charge in [0.1, 0.15) is 5.82 Å². The lowest BCUT2D eigenvalue weighted by molar-refractivity contribution is 0.0592. The summed E-state index contributed by atoms with van der Waals surface area (Å²) in [4.78, 5) is 14.7. The van der Waals surface area contributed by atoms with Gasteiger partial charge in [0, 0.05) is 0 Å². The average Bonchev–Trinajstić information content (AvgIpc) is 2.19. The summed E-state index contributed by atoms with van der Waals surface area (Å²) in [6, 6.07) is 1.05. The molecule has 0 amide bonds. The zero-order valence-corrected chi connectivity index (χ0v) is 9.22. The van der Waals surface area contributed by atoms with Crippen molar-refractivity contribution >= 4 is 27.7 Å². The molecule has 0 atom stereocenters. The van der Waals surface area contributed by atoms with E-state index >= 15 is 0 Å². The number of nitrogens with two attached hydrogens (primary N) is 1. The lowest BCUT2D eigenvalue weighted by atomic mass is 10.2. The summed E-state index contributed by atoms with van der Waals surface area (Å²) < 4.78 is 29.3. The number of aromatic nitrogens is 1. The Morgan fingerprint density at radius 1 is 1.67 bits per heavy atom. The highest BCUT2D eigenvalue weighted by atomic mass is 79.9. The predicted molar refractivity (Wildman–Crippen MR) is 52.6 cm³/mol. The molecular formula is C8H7BrF2N2O2. The SMILES string of the molecule is COC(=O)c1nc(N)c(C(F)F)cc1Br. The third-order valence-corrected chi connectivity index (χ3v) is 2.25. The Kier molecular flexibility index (Phi) is 3.57. The summed E-state index contributed by atoms with van der Waals surface area (Å²) in [5.74, 6) is -1.12. The predicted octanol–water partition coefficient (Wildman–Crippen LogP) is 2.15. The number of ether oxygens (including phenoxy) is 1. The summed E-state index contributed by atoms with van der Waals surface area (Å²) in [5, 5.41) is 0. The summed E-state index contributed by atoms with van der Waals surface area (Å²) in [7, 11) is 1.16. The van der Waals surface area contributed by atoms with Crippen LogP contribution in [0.15, 0.2) is 10.5 Å². The van der Waals surface area contributed by atoms with E-state index in [1.54, 1.807) is 0 Å². The van der Waals surface area contributed by atoms with Crippen LogP contribution in [0.5, 0.6) is 0 Å². The second kappa shape index (κ2) is 4.52. The van der Waals surface area contributed by atoms with Gasteiger partial charge in [0.15, 0.2) is 5.69 Å². The van der Waals surface area contributed by atoms with Gasteiger partial charge in [0.25, 0.3) is 6.43 Å². The van der Waals surface area contributed by atoms with E-state index in [9.17, 15) is 13.6 Å². The van der Waals surface area contributed by atoms with Gasteiger partial charge in [-0.15, -0.1) is 0 Å². The monoisotopic (exact) mass is 280 g/mol. The summed E-state index contributed by atoms with van der Waals surface area (Å²) in [6.45, 7) is 0. The van der Waals surface area contributed by atoms with Crippen LogP contribution in [0.25, 0.3) is 0 Å². The lowest BCUT2D eigenvalue weighted by Gasteiger charge is -2.07. The molecule has 4 nitrogen and oxygen atoms in total. The minimum Gasteiger partial charge on any atom is -0.464 e. The Hall–Kier alpha value is -1.24. The van der Waals surface area contributed by atoms with E-state index < -0.39 is 18.0 Å². The van der Waals surface area contributed by atoms with Crippen LogP contribution in [0.3, 0.4) is 0 Å². The zero-order valence-electron chi connectivity index (χ0n) is 7.63. The molecule has 0 aliphatic rings. The molecule has 7 heteroatoms. The number of hydrogen-bond donors (Lipinski definition) is 1. The van der Waals surface area contributed by atoms with Crippen molar-refractivity contribution in [3.05, 3.63) is 21.8 Å². The minimum atomic E-state index is -2.74. The molecule has 2 N–H and O–H groups in total. The number of alkyl halides is 2. The molecule has 15 heavy (non-hydrogen) atoms. The number of methoxy groups -OCH3 is 1. The highest BCUT2D eigenvalue weighted by Gasteiger charge is 2.19. The quantitative estimate of drug-likeness (QED) is 0.843. The van der Waals surface area contributed by atoms with E-state index in [4.69, 9.17) is 5.73 Å². The molecule has 0 saturated carbocycles. The number of anilines is 1. The number of halogens is 3. The Balaban J connectivity index is 3.25. The summed E-state index contributed by atoms with van der Waals surface area (Å²) >= 11 is 2.94. The van der Waals surface area contributed by atoms with Crippen molar-refractivity contribution < 1.29 is 18.3 Å². The zero-order chi connectivity index (χ0) is 11.6. The van der Waals surface area contributed by atoms with Crippen molar-refractivity contribution in [1.82, 2.24) is 4.98 Å². The van der Waals surface area contributed by atoms with E-state index in [-0.39, 0.29) is 16.0 Å². The maximum atomic E-state index is 12.4. The fraction of sp³-hybridized carbons (Fsp3) is 0.250. The molecule has 82 valence electrons. The van der Waals surface area contributed by atoms with Gasteiger partial charge in [-0.3, -0.25) is 0 Å². The van der Waals surface area contributed by atoms with Gasteiger partial charge < -0.3 is 10.5 Å². The van der Waals surface area contributed by atoms with Gasteiger partial charge in [-0.1, -0.05) is 0 Å². The van der Waals surface area contributed by atoms with Crippen LogP contribution >= 0.6 is 15.9 Å². The van der Waals surface area contributed by atoms with Crippen molar-refractivity contribution in [2.24, 2.45) is 0 Å². The minimum absolute atomic E-state index is 0.124. The molecule has 1 heterocycles. The van der Waals surface area contributed by atoms with E-state index in [0.29, 0.717) is 0 Å². The molecule has 0 unspecified atom stereocenters. The van der Waals surface area contributed by atoms with E-state index in [1.807, 2.05) is 0 Å². The third-order valence-electron chi connectivity index (χ3n) is 1.65. The van der Waals surface area contributed by atoms with Crippen molar-refractivity contribution in [1.29, 1.82) is 0 Å². The number of nitrogen functional groups attached to an aromatic ring is 1. The number of carbonyl (C=O) groups is 1. The molecule has 0 aliphatic heterocycles. The third kappa shape index (κ3) is 2.41. The first-order valence-electron chi connectivity index (χ1n) is 3.79. The van der Waals surface area contributed by atoms with Gasteiger partial charge in [-0.2, -0.15) is 0 Å². The number of hydrogen-bond acceptors (Lipinski definition) is 4. The molecule has 0 aromatic carbocycles. The largest absolute Gasteiger partial charge is 0.464 e. The Bertz CT molecular complexity index is 398. The molecule has 0 radical (unpaired) electrons. The van der Waals surface area contributed by atoms with Crippen LogP contribution in [0.1, 0.15) is 22.5 Å². The second-order valence-electron chi connectivity index (χ2n) is 2.59. The smallest absolute Gasteiger partial charge is 0.357 e. The van der Waals surface area contributed by atoms with Gasteiger partial charge >= 0.3 is 5.97 Å². The van der Waals surface area contributed by atoms with Gasteiger partial charge in [0.2, 0.25) is 0 Å². The van der Waals surface area contributed by atoms with Crippen LogP contribution in [0.2, 0.25) is 0 Å². The Morgan fingerprint density at radius 2 is 2.27 bits per heavy atom. The first-order chi connectivity index (χ1) is 6.97. The molecular weight excluding hydrogens is 274 g/mol. The highest BCUT2D eigenvalue weighted by molar-refractivity contribution is 9.10. The second-order valence-corrected chi connectivity index (χ2v) is 3.44. The van der Waals surface area contributed by atoms with Crippen LogP contribution in [0, 0.1) is 0 Å². The Labute approximate surface area is 92.6 Å². The van der Waals surface area contributed by atoms with Crippen LogP contribution in [0.4, 0.5) is 14.6 Å². The van der Waals surface area contributed by atoms with Crippen molar-refractivity contribution in [3.8, 4) is 0 Å². The first kappa shape index (κ1) is 11.8. The maximum Gasteiger partial charge on any atom is 0.357 e. The van der Waals surface area contributed by atoms with Crippen molar-refractivity contribution in [3.63, 3.8) is 0 Å². The van der Waals surface area contributed by atoms with Crippen LogP contribution in [-0.2, 0) is 4.74 Å². The summed E-state index contributed by atoms with van der Waals surface area (Å²) in [6.07, 6.45) is -2.74. The number of pyridine rings is 1. The maximum absolute atomic E-state index is 12.4. The van der Waals surface area contributed by atoms with E-state index in [2.05, 4.69) is 25.7 Å². The van der Waals surface area contributed by atoms with Gasteiger partial charge in [-0.25, -0.2) is 18.6 Å². The molecule has 0 aliphatic carbocycles. The number of esters is 1. The van der Waals surface area contributed by atoms with E-state index in [1.165, 1.54) is 0 Å². The van der Waals surface area contributed by atoms with E-state index in [0.717, 1.165) is 13.2 Å². The first-order valence-corrected chi connectivity index (χ1v) is 4.59. The number of nitrogens with zero attached hydrogens (tertiary/aromatic N) is 1. The molecule has 0 bridgehead atoms. The average molecular weight is 281 g/mol. The van der Waals surface area contributed by atoms with Crippen LogP contribution in [-0.4, -0.2) is 18.1 Å². The number of carbonyl (C=O) groups excluding carboxylic acids is 1. The molecule has 1 aromatic rings. The van der Waals surface area contributed by atoms with Gasteiger partial charge in [0.05, 0.1) is 17.1 Å².